The van der Waals surface area contributed by atoms with Crippen LogP contribution in [-0.2, 0) is 51.9 Å². The van der Waals surface area contributed by atoms with Crippen LogP contribution >= 0.6 is 0 Å². The van der Waals surface area contributed by atoms with Crippen molar-refractivity contribution in [2.45, 2.75) is 0 Å². The predicted octanol–water partition coefficient (Wildman–Crippen LogP) is 2.62. The average Bonchev–Trinajstić information content (AvgIpc) is 2.55. The van der Waals surface area contributed by atoms with Crippen LogP contribution in [-0.4, -0.2) is 23.3 Å². The third kappa shape index (κ3) is 10.1. The molecule has 0 aliphatic rings. The second-order valence-corrected chi connectivity index (χ2v) is 4.98. The van der Waals surface area contributed by atoms with Crippen molar-refractivity contribution >= 4 is 48.4 Å². The molecule has 2 amide bonds. The smallest absolute Gasteiger partial charge is 0.783 e. The minimum absolute atomic E-state index is 0. The Morgan fingerprint density at radius 3 is 1.44 bits per heavy atom. The van der Waals surface area contributed by atoms with E-state index in [-0.39, 0.29) is 52.0 Å². The molecule has 1 radical (unpaired) electrons. The minimum Gasteiger partial charge on any atom is -0.783 e. The van der Waals surface area contributed by atoms with Crippen LogP contribution in [0, 0.1) is 11.6 Å². The summed E-state index contributed by atoms with van der Waals surface area (Å²) < 4.78 is 25.1. The fourth-order valence-electron chi connectivity index (χ4n) is 1.53. The molecule has 0 saturated heterocycles. The second kappa shape index (κ2) is 12.8. The predicted molar refractivity (Wildman–Crippen MR) is 94.5 cm³/mol. The molecule has 0 aliphatic heterocycles. The van der Waals surface area contributed by atoms with Gasteiger partial charge in [0, 0.05) is 11.4 Å². The molecule has 0 spiro atoms. The Labute approximate surface area is 166 Å². The normalized spacial score (nSPS) is 9.12. The van der Waals surface area contributed by atoms with Crippen LogP contribution in [0.4, 0.5) is 20.2 Å². The summed E-state index contributed by atoms with van der Waals surface area (Å²) in [5, 5.41) is 4.90. The minimum atomic E-state index is -0.378. The first-order valence-electron chi connectivity index (χ1n) is 6.71. The molecule has 0 aromatic heterocycles. The molecule has 0 fully saturated rings. The average molecular weight is 423 g/mol. The number of benzene rings is 2. The Balaban J connectivity index is 0.000000443. The van der Waals surface area contributed by atoms with Crippen molar-refractivity contribution in [3.8, 4) is 0 Å². The Kier molecular flexibility index (Phi) is 12.0. The van der Waals surface area contributed by atoms with E-state index >= 15 is 0 Å². The maximum atomic E-state index is 12.5. The molecule has 9 heteroatoms. The molecule has 0 aliphatic carbocycles. The summed E-state index contributed by atoms with van der Waals surface area (Å²) >= 11 is 9.00. The number of halogens is 2. The van der Waals surface area contributed by atoms with E-state index in [1.54, 1.807) is 12.1 Å². The molecule has 4 nitrogen and oxygen atoms in total. The molecule has 0 atom stereocenters. The van der Waals surface area contributed by atoms with Crippen LogP contribution < -0.4 is 10.6 Å². The van der Waals surface area contributed by atoms with E-state index in [4.69, 9.17) is 0 Å². The van der Waals surface area contributed by atoms with Crippen LogP contribution in [0.5, 0.6) is 0 Å². The maximum absolute atomic E-state index is 12.5. The van der Waals surface area contributed by atoms with Gasteiger partial charge in [0.15, 0.2) is 11.8 Å². The van der Waals surface area contributed by atoms with Crippen LogP contribution in [0.15, 0.2) is 48.5 Å². The molecule has 2 aromatic rings. The number of carbonyl (C=O) groups is 2. The largest absolute Gasteiger partial charge is 2.00 e. The molecule has 0 heterocycles. The quantitative estimate of drug-likeness (QED) is 0.587. The molecule has 133 valence electrons. The standard InChI is InChI=1S/2C8H8FNOS.Mn/c2*9-6-2-1-3-7(4-6)10-8(11)5-12;/h2*1-4,12H,5H2,(H,10,11);/q;;+2/p-2. The first kappa shape index (κ1) is 23.5. The van der Waals surface area contributed by atoms with Gasteiger partial charge in [0.05, 0.1) is 0 Å². The Hall–Kier alpha value is -1.54. The number of carbonyl (C=O) groups excluding carboxylic acids is 2. The van der Waals surface area contributed by atoms with Crippen LogP contribution in [0.2, 0.25) is 0 Å². The van der Waals surface area contributed by atoms with Crippen LogP contribution in [0.3, 0.4) is 0 Å². The summed E-state index contributed by atoms with van der Waals surface area (Å²) in [4.78, 5) is 21.5. The number of rotatable bonds is 4. The van der Waals surface area contributed by atoms with Crippen molar-refractivity contribution in [1.29, 1.82) is 0 Å². The van der Waals surface area contributed by atoms with Gasteiger partial charge in [-0.2, -0.15) is 0 Å². The number of hydrogen-bond donors (Lipinski definition) is 2. The van der Waals surface area contributed by atoms with Gasteiger partial charge in [0.1, 0.15) is 11.6 Å². The SMILES string of the molecule is O=C(C[S-])Nc1cccc(F)c1.O=C(C[S-])Nc1cccc(F)c1.[Mn+2]. The summed E-state index contributed by atoms with van der Waals surface area (Å²) in [5.41, 5.74) is 0.870. The summed E-state index contributed by atoms with van der Waals surface area (Å²) in [6, 6.07) is 11.3. The third-order valence-corrected chi connectivity index (χ3v) is 3.00. The van der Waals surface area contributed by atoms with Crippen molar-refractivity contribution in [2.24, 2.45) is 0 Å². The van der Waals surface area contributed by atoms with Crippen molar-refractivity contribution in [3.63, 3.8) is 0 Å². The second-order valence-electron chi connectivity index (χ2n) is 4.41. The monoisotopic (exact) mass is 423 g/mol. The van der Waals surface area contributed by atoms with Crippen molar-refractivity contribution in [3.05, 3.63) is 60.2 Å². The van der Waals surface area contributed by atoms with Gasteiger partial charge < -0.3 is 35.9 Å². The zero-order valence-corrected chi connectivity index (χ0v) is 15.6. The van der Waals surface area contributed by atoms with E-state index in [0.29, 0.717) is 11.4 Å². The molecular weight excluding hydrogens is 409 g/mol. The maximum Gasteiger partial charge on any atom is 2.00 e. The molecule has 25 heavy (non-hydrogen) atoms. The molecule has 0 unspecified atom stereocenters. The van der Waals surface area contributed by atoms with E-state index in [2.05, 4.69) is 35.9 Å². The fraction of sp³-hybridized carbons (Fsp3) is 0.125. The van der Waals surface area contributed by atoms with Gasteiger partial charge in [-0.3, -0.25) is 9.59 Å². The Bertz CT molecular complexity index is 646. The third-order valence-electron chi connectivity index (χ3n) is 2.48. The van der Waals surface area contributed by atoms with Gasteiger partial charge in [0.2, 0.25) is 0 Å². The van der Waals surface area contributed by atoms with Crippen LogP contribution in [0.25, 0.3) is 0 Å². The first-order chi connectivity index (χ1) is 11.4. The number of hydrogen-bond acceptors (Lipinski definition) is 4. The first-order valence-corrected chi connectivity index (χ1v) is 7.87. The Morgan fingerprint density at radius 1 is 0.800 bits per heavy atom. The van der Waals surface area contributed by atoms with Crippen molar-refractivity contribution < 1.29 is 35.4 Å². The molecule has 0 saturated carbocycles. The zero-order chi connectivity index (χ0) is 17.9. The molecule has 0 bridgehead atoms. The van der Waals surface area contributed by atoms with E-state index in [1.165, 1.54) is 36.4 Å². The fourth-order valence-corrected chi connectivity index (χ4v) is 1.67. The molecule has 2 rings (SSSR count). The van der Waals surface area contributed by atoms with Crippen LogP contribution in [0.1, 0.15) is 0 Å². The number of nitrogens with one attached hydrogen (secondary N) is 2. The summed E-state index contributed by atoms with van der Waals surface area (Å²) in [6.45, 7) is 0. The van der Waals surface area contributed by atoms with E-state index in [9.17, 15) is 18.4 Å². The van der Waals surface area contributed by atoms with Gasteiger partial charge in [0.25, 0.3) is 0 Å². The van der Waals surface area contributed by atoms with E-state index in [1.807, 2.05) is 0 Å². The summed E-state index contributed by atoms with van der Waals surface area (Å²) in [7, 11) is 0. The van der Waals surface area contributed by atoms with Crippen molar-refractivity contribution in [1.82, 2.24) is 0 Å². The number of amides is 2. The van der Waals surface area contributed by atoms with Gasteiger partial charge in [-0.25, -0.2) is 8.78 Å². The summed E-state index contributed by atoms with van der Waals surface area (Å²) in [5.74, 6) is -1.38. The topological polar surface area (TPSA) is 58.2 Å². The molecule has 2 aromatic carbocycles. The van der Waals surface area contributed by atoms with E-state index < -0.39 is 0 Å². The number of anilines is 2. The molecule has 2 N–H and O–H groups in total. The van der Waals surface area contributed by atoms with Gasteiger partial charge in [-0.05, 0) is 36.4 Å². The van der Waals surface area contributed by atoms with Gasteiger partial charge in [-0.15, -0.1) is 0 Å². The van der Waals surface area contributed by atoms with Gasteiger partial charge >= 0.3 is 17.1 Å². The summed E-state index contributed by atoms with van der Waals surface area (Å²) in [6.07, 6.45) is 0. The van der Waals surface area contributed by atoms with E-state index in [0.717, 1.165) is 0 Å². The van der Waals surface area contributed by atoms with Crippen molar-refractivity contribution in [2.75, 3.05) is 22.1 Å². The Morgan fingerprint density at radius 2 is 1.16 bits per heavy atom. The van der Waals surface area contributed by atoms with Gasteiger partial charge in [-0.1, -0.05) is 23.6 Å². The molecular formula is C16H14F2MnN2O2S2. The zero-order valence-electron chi connectivity index (χ0n) is 12.8.